The van der Waals surface area contributed by atoms with Gasteiger partial charge in [-0.15, -0.1) is 0 Å². The number of unbranched alkanes of at least 4 members (excludes halogenated alkanes) is 1. The highest BCUT2D eigenvalue weighted by atomic mass is 16.4. The molecule has 8 amide bonds. The van der Waals surface area contributed by atoms with E-state index < -0.39 is 151 Å². The lowest BCUT2D eigenvalue weighted by Gasteiger charge is -2.31. The van der Waals surface area contributed by atoms with E-state index in [2.05, 4.69) is 42.5 Å². The summed E-state index contributed by atoms with van der Waals surface area (Å²) in [6.07, 6.45) is -2.95. The zero-order valence-electron chi connectivity index (χ0n) is 36.6. The summed E-state index contributed by atoms with van der Waals surface area (Å²) in [7, 11) is 0. The van der Waals surface area contributed by atoms with Crippen LogP contribution in [-0.2, 0) is 59.2 Å². The van der Waals surface area contributed by atoms with Crippen LogP contribution in [0.2, 0.25) is 0 Å². The van der Waals surface area contributed by atoms with Gasteiger partial charge in [-0.3, -0.25) is 52.7 Å². The normalized spacial score (nSPS) is 25.2. The number of hydrogen-bond acceptors (Lipinski definition) is 13. The molecule has 0 radical (unpaired) electrons. The second kappa shape index (κ2) is 26.8. The van der Waals surface area contributed by atoms with Gasteiger partial charge in [-0.1, -0.05) is 64.4 Å². The molecule has 24 nitrogen and oxygen atoms in total. The fourth-order valence-electron chi connectivity index (χ4n) is 6.52. The Morgan fingerprint density at radius 1 is 0.538 bits per heavy atom. The molecule has 14 N–H and O–H groups in total. The van der Waals surface area contributed by atoms with E-state index in [9.17, 15) is 73.2 Å². The number of nitrogens with one attached hydrogen (secondary N) is 8. The molecule has 0 bridgehead atoms. The molecule has 0 spiro atoms. The van der Waals surface area contributed by atoms with Gasteiger partial charge in [-0.2, -0.15) is 0 Å². The van der Waals surface area contributed by atoms with Crippen LogP contribution < -0.4 is 48.3 Å². The molecule has 0 unspecified atom stereocenters. The first-order valence-corrected chi connectivity index (χ1v) is 21.0. The number of nitrogens with two attached hydrogens (primary N) is 1. The lowest BCUT2D eigenvalue weighted by atomic mass is 9.95. The molecule has 1 aromatic carbocycles. The van der Waals surface area contributed by atoms with Crippen molar-refractivity contribution in [1.29, 1.82) is 0 Å². The third-order valence-corrected chi connectivity index (χ3v) is 10.4. The van der Waals surface area contributed by atoms with Crippen molar-refractivity contribution in [2.75, 3.05) is 13.2 Å². The predicted molar refractivity (Wildman–Crippen MR) is 227 cm³/mol. The summed E-state index contributed by atoms with van der Waals surface area (Å²) < 4.78 is 0. The lowest BCUT2D eigenvalue weighted by molar-refractivity contribution is -0.144. The molecule has 24 heteroatoms. The Morgan fingerprint density at radius 2 is 0.923 bits per heavy atom. The Bertz CT molecular complexity index is 1880. The smallest absolute Gasteiger partial charge is 0.305 e. The lowest BCUT2D eigenvalue weighted by Crippen LogP contribution is -2.63. The van der Waals surface area contributed by atoms with Gasteiger partial charge in [0.05, 0.1) is 25.9 Å². The number of rotatable bonds is 16. The number of aliphatic hydroxyl groups excluding tert-OH is 1. The van der Waals surface area contributed by atoms with E-state index in [1.54, 1.807) is 58.0 Å². The number of carboxylic acids is 3. The van der Waals surface area contributed by atoms with Crippen molar-refractivity contribution in [2.45, 2.75) is 127 Å². The SMILES string of the molecule is CC[C@H](C)[C@@H]1NC(=O)[C@H](C(C)C)NC(=O)[C@H](Cc2ccccc2)NC(=O)[C@H](CC(=O)O)NC(=O)[C@H](CO)NC(=O)[C@H](CCCCN)NC(=O)[C@H](CC(=O)O)NC(=O)[C@H](CC(=O)O)NC1=O. The van der Waals surface area contributed by atoms with Gasteiger partial charge in [0.15, 0.2) is 0 Å². The van der Waals surface area contributed by atoms with Gasteiger partial charge in [0.1, 0.15) is 48.3 Å². The van der Waals surface area contributed by atoms with Gasteiger partial charge < -0.3 is 68.7 Å². The first-order valence-electron chi connectivity index (χ1n) is 21.0. The summed E-state index contributed by atoms with van der Waals surface area (Å²) in [6.45, 7) is 5.33. The van der Waals surface area contributed by atoms with Gasteiger partial charge in [0, 0.05) is 6.42 Å². The molecule has 1 aliphatic rings. The number of carbonyl (C=O) groups is 11. The van der Waals surface area contributed by atoms with Crippen LogP contribution in [0, 0.1) is 11.8 Å². The molecule has 1 aromatic rings. The van der Waals surface area contributed by atoms with Crippen LogP contribution in [0.25, 0.3) is 0 Å². The zero-order chi connectivity index (χ0) is 49.0. The number of aliphatic carboxylic acids is 3. The fourth-order valence-corrected chi connectivity index (χ4v) is 6.52. The molecule has 0 aromatic heterocycles. The summed E-state index contributed by atoms with van der Waals surface area (Å²) in [5.74, 6) is -15.3. The van der Waals surface area contributed by atoms with E-state index in [1.165, 1.54) is 0 Å². The Morgan fingerprint density at radius 3 is 1.37 bits per heavy atom. The van der Waals surface area contributed by atoms with E-state index in [4.69, 9.17) is 5.73 Å². The maximum Gasteiger partial charge on any atom is 0.305 e. The minimum atomic E-state index is -2.00. The molecule has 360 valence electrons. The van der Waals surface area contributed by atoms with Crippen molar-refractivity contribution in [3.63, 3.8) is 0 Å². The second-order valence-corrected chi connectivity index (χ2v) is 15.9. The van der Waals surface area contributed by atoms with E-state index >= 15 is 0 Å². The molecule has 9 atom stereocenters. The third-order valence-electron chi connectivity index (χ3n) is 10.4. The number of carboxylic acid groups (broad SMARTS) is 3. The molecule has 1 aliphatic heterocycles. The summed E-state index contributed by atoms with van der Waals surface area (Å²) in [4.78, 5) is 146. The summed E-state index contributed by atoms with van der Waals surface area (Å²) >= 11 is 0. The molecule has 1 fully saturated rings. The first-order chi connectivity index (χ1) is 30.6. The Kier molecular flexibility index (Phi) is 22.5. The van der Waals surface area contributed by atoms with Crippen molar-refractivity contribution >= 4 is 65.2 Å². The number of aliphatic hydroxyl groups is 1. The highest BCUT2D eigenvalue weighted by molar-refractivity contribution is 6.00. The number of benzene rings is 1. The molecule has 0 saturated carbocycles. The summed E-state index contributed by atoms with van der Waals surface area (Å²) in [6, 6.07) is -5.60. The quantitative estimate of drug-likeness (QED) is 0.0712. The third kappa shape index (κ3) is 18.1. The number of hydrogen-bond donors (Lipinski definition) is 13. The van der Waals surface area contributed by atoms with Gasteiger partial charge in [0.25, 0.3) is 0 Å². The highest BCUT2D eigenvalue weighted by Crippen LogP contribution is 2.13. The van der Waals surface area contributed by atoms with Crippen LogP contribution in [0.15, 0.2) is 30.3 Å². The number of amides is 8. The molecule has 2 rings (SSSR count). The molecular formula is C41H61N9O15. The predicted octanol–water partition coefficient (Wildman–Crippen LogP) is -3.63. The minimum Gasteiger partial charge on any atom is -0.481 e. The van der Waals surface area contributed by atoms with Crippen molar-refractivity contribution in [1.82, 2.24) is 42.5 Å². The van der Waals surface area contributed by atoms with Gasteiger partial charge in [-0.25, -0.2) is 0 Å². The van der Waals surface area contributed by atoms with Crippen molar-refractivity contribution in [3.05, 3.63) is 35.9 Å². The van der Waals surface area contributed by atoms with Crippen LogP contribution in [-0.4, -0.2) is 147 Å². The standard InChI is InChI=1S/C41H61N9O15/c1-5-21(4)33-41(65)47-27(18-31(56)57)37(61)45-25(16-29(52)53)35(59)43-23(13-9-10-14-42)34(58)48-28(19-51)39(63)46-26(17-30(54)55)36(60)44-24(15-22-11-7-6-8-12-22)38(62)49-32(20(2)3)40(64)50-33/h6-8,11-12,20-21,23-28,32-33,51H,5,9-10,13-19,42H2,1-4H3,(H,43,59)(H,44,60)(H,45,61)(H,46,63)(H,47,65)(H,48,58)(H,49,62)(H,50,64)(H,52,53)(H,54,55)(H,56,57)/t21-,23-,24-,25-,26-,27-,28-,32-,33-/m0/s1. The fraction of sp³-hybridized carbons (Fsp3) is 0.585. The van der Waals surface area contributed by atoms with Crippen molar-refractivity contribution in [3.8, 4) is 0 Å². The molecular weight excluding hydrogens is 858 g/mol. The van der Waals surface area contributed by atoms with Crippen LogP contribution >= 0.6 is 0 Å². The average Bonchev–Trinajstić information content (AvgIpc) is 3.23. The zero-order valence-corrected chi connectivity index (χ0v) is 36.6. The van der Waals surface area contributed by atoms with Crippen molar-refractivity contribution in [2.24, 2.45) is 17.6 Å². The maximum atomic E-state index is 14.1. The number of carbonyl (C=O) groups excluding carboxylic acids is 8. The highest BCUT2D eigenvalue weighted by Gasteiger charge is 2.38. The van der Waals surface area contributed by atoms with Crippen LogP contribution in [0.3, 0.4) is 0 Å². The van der Waals surface area contributed by atoms with E-state index in [1.807, 2.05) is 0 Å². The Balaban J connectivity index is 2.80. The average molecular weight is 920 g/mol. The van der Waals surface area contributed by atoms with E-state index in [0.717, 1.165) is 0 Å². The monoisotopic (exact) mass is 919 g/mol. The van der Waals surface area contributed by atoms with Crippen LogP contribution in [0.4, 0.5) is 0 Å². The van der Waals surface area contributed by atoms with Gasteiger partial charge in [-0.05, 0) is 43.2 Å². The Labute approximate surface area is 374 Å². The van der Waals surface area contributed by atoms with Crippen LogP contribution in [0.5, 0.6) is 0 Å². The summed E-state index contributed by atoms with van der Waals surface area (Å²) in [5.41, 5.74) is 6.10. The summed E-state index contributed by atoms with van der Waals surface area (Å²) in [5, 5.41) is 57.7. The molecule has 0 aliphatic carbocycles. The van der Waals surface area contributed by atoms with Crippen LogP contribution in [0.1, 0.15) is 78.2 Å². The maximum absolute atomic E-state index is 14.1. The van der Waals surface area contributed by atoms with Crippen molar-refractivity contribution < 1.29 is 73.2 Å². The van der Waals surface area contributed by atoms with E-state index in [0.29, 0.717) is 12.0 Å². The van der Waals surface area contributed by atoms with E-state index in [-0.39, 0.29) is 32.2 Å². The van der Waals surface area contributed by atoms with Gasteiger partial charge >= 0.3 is 17.9 Å². The van der Waals surface area contributed by atoms with Gasteiger partial charge in [0.2, 0.25) is 47.3 Å². The largest absolute Gasteiger partial charge is 0.481 e. The Hall–Kier alpha value is -6.69. The molecule has 1 heterocycles. The molecule has 1 saturated heterocycles. The minimum absolute atomic E-state index is 0.138. The molecule has 65 heavy (non-hydrogen) atoms. The second-order valence-electron chi connectivity index (χ2n) is 15.9. The topological polar surface area (TPSA) is 391 Å². The first kappa shape index (κ1) is 54.4.